The van der Waals surface area contributed by atoms with Gasteiger partial charge in [-0.3, -0.25) is 0 Å². The predicted molar refractivity (Wildman–Crippen MR) is 71.4 cm³/mol. The molecule has 2 aromatic rings. The minimum Gasteiger partial charge on any atom is -0.493 e. The average molecular weight is 304 g/mol. The maximum Gasteiger partial charge on any atom is 0.280 e. The van der Waals surface area contributed by atoms with Crippen molar-refractivity contribution in [2.45, 2.75) is 6.43 Å². The first kappa shape index (κ1) is 14.6. The van der Waals surface area contributed by atoms with Gasteiger partial charge in [0.1, 0.15) is 5.69 Å². The second-order valence-corrected chi connectivity index (χ2v) is 4.28. The highest BCUT2D eigenvalue weighted by Crippen LogP contribution is 2.45. The molecule has 0 aliphatic heterocycles. The number of alkyl halides is 2. The zero-order chi connectivity index (χ0) is 14.9. The quantitative estimate of drug-likeness (QED) is 0.860. The van der Waals surface area contributed by atoms with Crippen LogP contribution in [0.4, 0.5) is 8.78 Å². The summed E-state index contributed by atoms with van der Waals surface area (Å²) >= 11 is 6.06. The molecule has 7 heteroatoms. The fourth-order valence-electron chi connectivity index (χ4n) is 1.95. The molecule has 1 aromatic heterocycles. The molecule has 0 saturated carbocycles. The standard InChI is InChI=1S/C13H12ClF2NO3/c1-18-9-5-7-10(12(20-3)11(9)19-2)6(14)4-8(17-7)13(15)16/h4-5,13H,1-3H3. The number of aromatic nitrogens is 1. The van der Waals surface area contributed by atoms with E-state index in [1.807, 2.05) is 0 Å². The number of ether oxygens (including phenoxy) is 3. The first-order valence-electron chi connectivity index (χ1n) is 5.60. The lowest BCUT2D eigenvalue weighted by atomic mass is 10.1. The molecular formula is C13H12ClF2NO3. The van der Waals surface area contributed by atoms with Crippen molar-refractivity contribution in [2.75, 3.05) is 21.3 Å². The van der Waals surface area contributed by atoms with Crippen LogP contribution in [0.25, 0.3) is 10.9 Å². The van der Waals surface area contributed by atoms with Gasteiger partial charge in [0.15, 0.2) is 11.5 Å². The Morgan fingerprint density at radius 1 is 1.05 bits per heavy atom. The van der Waals surface area contributed by atoms with Crippen molar-refractivity contribution in [2.24, 2.45) is 0 Å². The minimum atomic E-state index is -2.71. The summed E-state index contributed by atoms with van der Waals surface area (Å²) in [7, 11) is 4.30. The molecule has 0 saturated heterocycles. The van der Waals surface area contributed by atoms with E-state index in [0.717, 1.165) is 6.07 Å². The highest BCUT2D eigenvalue weighted by molar-refractivity contribution is 6.36. The number of benzene rings is 1. The van der Waals surface area contributed by atoms with Gasteiger partial charge in [-0.2, -0.15) is 0 Å². The Labute approximate surface area is 119 Å². The molecule has 1 heterocycles. The van der Waals surface area contributed by atoms with Gasteiger partial charge in [-0.1, -0.05) is 11.6 Å². The molecule has 0 spiro atoms. The summed E-state index contributed by atoms with van der Waals surface area (Å²) < 4.78 is 41.2. The van der Waals surface area contributed by atoms with E-state index in [2.05, 4.69) is 4.98 Å². The molecule has 0 radical (unpaired) electrons. The normalized spacial score (nSPS) is 10.9. The van der Waals surface area contributed by atoms with Gasteiger partial charge in [0, 0.05) is 6.07 Å². The SMILES string of the molecule is COc1cc2nc(C(F)F)cc(Cl)c2c(OC)c1OC. The zero-order valence-corrected chi connectivity index (χ0v) is 11.8. The summed E-state index contributed by atoms with van der Waals surface area (Å²) in [5.74, 6) is 0.947. The maximum absolute atomic E-state index is 12.8. The van der Waals surface area contributed by atoms with Gasteiger partial charge in [-0.05, 0) is 6.07 Å². The summed E-state index contributed by atoms with van der Waals surface area (Å²) in [6, 6.07) is 2.59. The molecule has 4 nitrogen and oxygen atoms in total. The molecule has 20 heavy (non-hydrogen) atoms. The average Bonchev–Trinajstić information content (AvgIpc) is 2.44. The van der Waals surface area contributed by atoms with E-state index >= 15 is 0 Å². The summed E-state index contributed by atoms with van der Waals surface area (Å²) in [4.78, 5) is 3.88. The van der Waals surface area contributed by atoms with Gasteiger partial charge in [0.25, 0.3) is 6.43 Å². The van der Waals surface area contributed by atoms with Crippen LogP contribution in [0.1, 0.15) is 12.1 Å². The Hall–Kier alpha value is -1.82. The Morgan fingerprint density at radius 3 is 2.20 bits per heavy atom. The number of hydrogen-bond acceptors (Lipinski definition) is 4. The van der Waals surface area contributed by atoms with E-state index in [-0.39, 0.29) is 10.5 Å². The fourth-order valence-corrected chi connectivity index (χ4v) is 2.24. The third-order valence-corrected chi connectivity index (χ3v) is 3.09. The van der Waals surface area contributed by atoms with Crippen molar-refractivity contribution in [1.82, 2.24) is 4.98 Å². The molecule has 0 bridgehead atoms. The van der Waals surface area contributed by atoms with E-state index in [1.54, 1.807) is 0 Å². The number of pyridine rings is 1. The Morgan fingerprint density at radius 2 is 1.70 bits per heavy atom. The van der Waals surface area contributed by atoms with Crippen LogP contribution in [-0.2, 0) is 0 Å². The first-order valence-corrected chi connectivity index (χ1v) is 5.98. The van der Waals surface area contributed by atoms with Gasteiger partial charge >= 0.3 is 0 Å². The Balaban J connectivity index is 2.87. The van der Waals surface area contributed by atoms with Crippen LogP contribution >= 0.6 is 11.6 Å². The smallest absolute Gasteiger partial charge is 0.280 e. The maximum atomic E-state index is 12.8. The highest BCUT2D eigenvalue weighted by atomic mass is 35.5. The number of fused-ring (bicyclic) bond motifs is 1. The second kappa shape index (κ2) is 5.66. The minimum absolute atomic E-state index is 0.114. The lowest BCUT2D eigenvalue weighted by molar-refractivity contribution is 0.146. The van der Waals surface area contributed by atoms with Crippen molar-refractivity contribution in [3.63, 3.8) is 0 Å². The van der Waals surface area contributed by atoms with Crippen molar-refractivity contribution < 1.29 is 23.0 Å². The fraction of sp³-hybridized carbons (Fsp3) is 0.308. The van der Waals surface area contributed by atoms with E-state index in [1.165, 1.54) is 27.4 Å². The van der Waals surface area contributed by atoms with E-state index in [9.17, 15) is 8.78 Å². The number of nitrogens with zero attached hydrogens (tertiary/aromatic N) is 1. The van der Waals surface area contributed by atoms with Crippen molar-refractivity contribution in [1.29, 1.82) is 0 Å². The number of methoxy groups -OCH3 is 3. The van der Waals surface area contributed by atoms with Gasteiger partial charge < -0.3 is 14.2 Å². The summed E-state index contributed by atoms with van der Waals surface area (Å²) in [5, 5.41) is 0.513. The van der Waals surface area contributed by atoms with Crippen molar-refractivity contribution >= 4 is 22.5 Å². The van der Waals surface area contributed by atoms with E-state index in [0.29, 0.717) is 22.6 Å². The lowest BCUT2D eigenvalue weighted by Gasteiger charge is -2.15. The van der Waals surface area contributed by atoms with Crippen LogP contribution in [-0.4, -0.2) is 26.3 Å². The molecule has 0 fully saturated rings. The Bertz CT molecular complexity index is 649. The van der Waals surface area contributed by atoms with Crippen LogP contribution in [0.3, 0.4) is 0 Å². The number of rotatable bonds is 4. The molecule has 0 amide bonds. The van der Waals surface area contributed by atoms with Gasteiger partial charge in [0.05, 0.1) is 37.3 Å². The van der Waals surface area contributed by atoms with Crippen LogP contribution < -0.4 is 14.2 Å². The van der Waals surface area contributed by atoms with Crippen molar-refractivity contribution in [3.8, 4) is 17.2 Å². The monoisotopic (exact) mass is 303 g/mol. The van der Waals surface area contributed by atoms with Crippen LogP contribution in [0.5, 0.6) is 17.2 Å². The van der Waals surface area contributed by atoms with Gasteiger partial charge in [-0.25, -0.2) is 13.8 Å². The van der Waals surface area contributed by atoms with Crippen molar-refractivity contribution in [3.05, 3.63) is 22.8 Å². The van der Waals surface area contributed by atoms with Gasteiger partial charge in [-0.15, -0.1) is 0 Å². The van der Waals surface area contributed by atoms with E-state index < -0.39 is 12.1 Å². The summed E-state index contributed by atoms with van der Waals surface area (Å²) in [6.07, 6.45) is -2.71. The largest absolute Gasteiger partial charge is 0.493 e. The Kier molecular flexibility index (Phi) is 4.13. The second-order valence-electron chi connectivity index (χ2n) is 3.87. The molecule has 0 aliphatic rings. The molecule has 108 valence electrons. The first-order chi connectivity index (χ1) is 9.53. The highest BCUT2D eigenvalue weighted by Gasteiger charge is 2.21. The topological polar surface area (TPSA) is 40.6 Å². The molecular weight excluding hydrogens is 292 g/mol. The lowest BCUT2D eigenvalue weighted by Crippen LogP contribution is -1.99. The summed E-state index contributed by atoms with van der Waals surface area (Å²) in [6.45, 7) is 0. The zero-order valence-electron chi connectivity index (χ0n) is 11.0. The summed E-state index contributed by atoms with van der Waals surface area (Å²) in [5.41, 5.74) is -0.154. The molecule has 2 rings (SSSR count). The third kappa shape index (κ3) is 2.31. The molecule has 0 aliphatic carbocycles. The molecule has 0 unspecified atom stereocenters. The predicted octanol–water partition coefficient (Wildman–Crippen LogP) is 3.85. The van der Waals surface area contributed by atoms with Gasteiger partial charge in [0.2, 0.25) is 5.75 Å². The third-order valence-electron chi connectivity index (χ3n) is 2.80. The van der Waals surface area contributed by atoms with Crippen LogP contribution in [0, 0.1) is 0 Å². The number of hydrogen-bond donors (Lipinski definition) is 0. The molecule has 0 N–H and O–H groups in total. The molecule has 1 aromatic carbocycles. The van der Waals surface area contributed by atoms with Crippen LogP contribution in [0.15, 0.2) is 12.1 Å². The van der Waals surface area contributed by atoms with E-state index in [4.69, 9.17) is 25.8 Å². The number of halogens is 3. The van der Waals surface area contributed by atoms with Crippen LogP contribution in [0.2, 0.25) is 5.02 Å². The molecule has 0 atom stereocenters.